The molecule has 0 saturated carbocycles. The maximum atomic E-state index is 12.3. The van der Waals surface area contributed by atoms with E-state index in [9.17, 15) is 9.90 Å². The van der Waals surface area contributed by atoms with Gasteiger partial charge in [0, 0.05) is 19.1 Å². The van der Waals surface area contributed by atoms with Gasteiger partial charge >= 0.3 is 0 Å². The molecule has 0 bridgehead atoms. The molecule has 1 N–H and O–H groups in total. The Kier molecular flexibility index (Phi) is 4.97. The van der Waals surface area contributed by atoms with Crippen molar-refractivity contribution in [2.75, 3.05) is 39.5 Å². The Morgan fingerprint density at radius 2 is 2.22 bits per heavy atom. The van der Waals surface area contributed by atoms with Crippen molar-refractivity contribution in [2.24, 2.45) is 0 Å². The van der Waals surface area contributed by atoms with Crippen molar-refractivity contribution in [1.82, 2.24) is 9.80 Å². The first kappa shape index (κ1) is 13.8. The minimum absolute atomic E-state index is 0.0252. The van der Waals surface area contributed by atoms with Gasteiger partial charge in [-0.15, -0.1) is 0 Å². The van der Waals surface area contributed by atoms with Crippen molar-refractivity contribution in [1.29, 1.82) is 0 Å². The molecule has 0 radical (unpaired) electrons. The Morgan fingerprint density at radius 3 is 2.94 bits per heavy atom. The van der Waals surface area contributed by atoms with Crippen LogP contribution in [0.4, 0.5) is 0 Å². The van der Waals surface area contributed by atoms with Gasteiger partial charge in [0.2, 0.25) is 5.91 Å². The van der Waals surface area contributed by atoms with E-state index in [0.717, 1.165) is 25.9 Å². The number of carbonyl (C=O) groups excluding carboxylic acids is 1. The van der Waals surface area contributed by atoms with Gasteiger partial charge in [0.15, 0.2) is 0 Å². The summed E-state index contributed by atoms with van der Waals surface area (Å²) in [6.07, 6.45) is 3.45. The van der Waals surface area contributed by atoms with Crippen LogP contribution in [-0.4, -0.2) is 72.4 Å². The molecule has 2 saturated heterocycles. The van der Waals surface area contributed by atoms with E-state index in [-0.39, 0.29) is 18.6 Å². The third-order valence-electron chi connectivity index (χ3n) is 4.02. The lowest BCUT2D eigenvalue weighted by atomic mass is 10.0. The van der Waals surface area contributed by atoms with Crippen molar-refractivity contribution < 1.29 is 14.6 Å². The number of aliphatic hydroxyl groups excluding tert-OH is 1. The molecule has 2 unspecified atom stereocenters. The van der Waals surface area contributed by atoms with E-state index in [0.29, 0.717) is 25.8 Å². The number of hydrogen-bond donors (Lipinski definition) is 1. The van der Waals surface area contributed by atoms with Crippen LogP contribution in [0, 0.1) is 0 Å². The van der Waals surface area contributed by atoms with Crippen molar-refractivity contribution in [2.45, 2.75) is 38.3 Å². The molecule has 2 aliphatic rings. The molecule has 0 aromatic rings. The summed E-state index contributed by atoms with van der Waals surface area (Å²) in [5.74, 6) is 0.197. The van der Waals surface area contributed by atoms with Crippen LogP contribution in [0.25, 0.3) is 0 Å². The number of ether oxygens (including phenoxy) is 1. The minimum Gasteiger partial charge on any atom is -0.395 e. The molecule has 2 heterocycles. The molecule has 5 heteroatoms. The standard InChI is InChI=1S/C13H24N2O3/c1-11-4-2-3-5-15(11)13(17)8-14-6-7-18-10-12(14)9-16/h11-12,16H,2-10H2,1H3. The van der Waals surface area contributed by atoms with E-state index >= 15 is 0 Å². The summed E-state index contributed by atoms with van der Waals surface area (Å²) in [6.45, 7) is 5.40. The lowest BCUT2D eigenvalue weighted by Gasteiger charge is -2.38. The molecule has 5 nitrogen and oxygen atoms in total. The number of aliphatic hydroxyl groups is 1. The van der Waals surface area contributed by atoms with Gasteiger partial charge < -0.3 is 14.7 Å². The fourth-order valence-electron chi connectivity index (χ4n) is 2.80. The normalized spacial score (nSPS) is 30.4. The predicted octanol–water partition coefficient (Wildman–Crippen LogP) is 0.0805. The summed E-state index contributed by atoms with van der Waals surface area (Å²) in [5, 5.41) is 9.29. The highest BCUT2D eigenvalue weighted by molar-refractivity contribution is 5.78. The maximum absolute atomic E-state index is 12.3. The molecule has 104 valence electrons. The number of amides is 1. The van der Waals surface area contributed by atoms with E-state index in [1.54, 1.807) is 0 Å². The van der Waals surface area contributed by atoms with Gasteiger partial charge in [-0.25, -0.2) is 0 Å². The summed E-state index contributed by atoms with van der Waals surface area (Å²) < 4.78 is 5.32. The Balaban J connectivity index is 1.88. The van der Waals surface area contributed by atoms with Crippen molar-refractivity contribution in [3.63, 3.8) is 0 Å². The number of morpholine rings is 1. The SMILES string of the molecule is CC1CCCCN1C(=O)CN1CCOCC1CO. The van der Waals surface area contributed by atoms with Crippen LogP contribution in [0.1, 0.15) is 26.2 Å². The van der Waals surface area contributed by atoms with Gasteiger partial charge in [0.1, 0.15) is 0 Å². The average Bonchev–Trinajstić information content (AvgIpc) is 2.39. The molecule has 0 aromatic heterocycles. The second kappa shape index (κ2) is 6.50. The zero-order valence-electron chi connectivity index (χ0n) is 11.2. The quantitative estimate of drug-likeness (QED) is 0.777. The second-order valence-corrected chi connectivity index (χ2v) is 5.31. The van der Waals surface area contributed by atoms with Gasteiger partial charge in [-0.05, 0) is 26.2 Å². The molecule has 0 aromatic carbocycles. The minimum atomic E-state index is -0.0252. The van der Waals surface area contributed by atoms with Crippen LogP contribution < -0.4 is 0 Å². The summed E-state index contributed by atoms with van der Waals surface area (Å²) >= 11 is 0. The highest BCUT2D eigenvalue weighted by Crippen LogP contribution is 2.17. The molecule has 0 aliphatic carbocycles. The van der Waals surface area contributed by atoms with Crippen molar-refractivity contribution >= 4 is 5.91 Å². The van der Waals surface area contributed by atoms with Gasteiger partial charge in [-0.3, -0.25) is 9.69 Å². The van der Waals surface area contributed by atoms with Crippen LogP contribution in [0.3, 0.4) is 0 Å². The lowest BCUT2D eigenvalue weighted by Crippen LogP contribution is -2.53. The monoisotopic (exact) mass is 256 g/mol. The van der Waals surface area contributed by atoms with Crippen LogP contribution in [-0.2, 0) is 9.53 Å². The maximum Gasteiger partial charge on any atom is 0.237 e. The molecule has 2 rings (SSSR count). The number of rotatable bonds is 3. The zero-order valence-corrected chi connectivity index (χ0v) is 11.2. The number of hydrogen-bond acceptors (Lipinski definition) is 4. The van der Waals surface area contributed by atoms with E-state index in [2.05, 4.69) is 6.92 Å². The first-order chi connectivity index (χ1) is 8.72. The number of nitrogens with zero attached hydrogens (tertiary/aromatic N) is 2. The molecule has 0 spiro atoms. The molecule has 1 amide bonds. The van der Waals surface area contributed by atoms with Crippen molar-refractivity contribution in [3.05, 3.63) is 0 Å². The van der Waals surface area contributed by atoms with Gasteiger partial charge in [-0.1, -0.05) is 0 Å². The lowest BCUT2D eigenvalue weighted by molar-refractivity contribution is -0.138. The molecule has 2 fully saturated rings. The molecular formula is C13H24N2O3. The van der Waals surface area contributed by atoms with Gasteiger partial charge in [-0.2, -0.15) is 0 Å². The number of carbonyl (C=O) groups is 1. The van der Waals surface area contributed by atoms with Crippen LogP contribution >= 0.6 is 0 Å². The first-order valence-electron chi connectivity index (χ1n) is 6.94. The highest BCUT2D eigenvalue weighted by Gasteiger charge is 2.28. The summed E-state index contributed by atoms with van der Waals surface area (Å²) in [4.78, 5) is 16.3. The molecule has 18 heavy (non-hydrogen) atoms. The summed E-state index contributed by atoms with van der Waals surface area (Å²) in [7, 11) is 0. The molecular weight excluding hydrogens is 232 g/mol. The molecule has 2 aliphatic heterocycles. The van der Waals surface area contributed by atoms with E-state index in [1.807, 2.05) is 9.80 Å². The van der Waals surface area contributed by atoms with E-state index in [1.165, 1.54) is 6.42 Å². The van der Waals surface area contributed by atoms with Gasteiger partial charge in [0.25, 0.3) is 0 Å². The van der Waals surface area contributed by atoms with E-state index < -0.39 is 0 Å². The third-order valence-corrected chi connectivity index (χ3v) is 4.02. The third kappa shape index (κ3) is 3.22. The van der Waals surface area contributed by atoms with E-state index in [4.69, 9.17) is 4.74 Å². The topological polar surface area (TPSA) is 53.0 Å². The average molecular weight is 256 g/mol. The summed E-state index contributed by atoms with van der Waals surface area (Å²) in [6, 6.07) is 0.336. The Hall–Kier alpha value is -0.650. The van der Waals surface area contributed by atoms with Crippen LogP contribution in [0.15, 0.2) is 0 Å². The number of likely N-dealkylation sites (tertiary alicyclic amines) is 1. The van der Waals surface area contributed by atoms with Crippen LogP contribution in [0.2, 0.25) is 0 Å². The van der Waals surface area contributed by atoms with Crippen LogP contribution in [0.5, 0.6) is 0 Å². The Bertz CT molecular complexity index is 285. The van der Waals surface area contributed by atoms with Crippen molar-refractivity contribution in [3.8, 4) is 0 Å². The Morgan fingerprint density at radius 1 is 1.39 bits per heavy atom. The zero-order chi connectivity index (χ0) is 13.0. The number of piperidine rings is 1. The molecule has 2 atom stereocenters. The smallest absolute Gasteiger partial charge is 0.237 e. The second-order valence-electron chi connectivity index (χ2n) is 5.31. The predicted molar refractivity (Wildman–Crippen MR) is 68.3 cm³/mol. The largest absolute Gasteiger partial charge is 0.395 e. The summed E-state index contributed by atoms with van der Waals surface area (Å²) in [5.41, 5.74) is 0. The van der Waals surface area contributed by atoms with Gasteiger partial charge in [0.05, 0.1) is 32.4 Å². The fraction of sp³-hybridized carbons (Fsp3) is 0.923. The first-order valence-corrected chi connectivity index (χ1v) is 6.94. The fourth-order valence-corrected chi connectivity index (χ4v) is 2.80. The highest BCUT2D eigenvalue weighted by atomic mass is 16.5. The Labute approximate surface area is 109 Å².